The van der Waals surface area contributed by atoms with Crippen molar-refractivity contribution in [1.29, 1.82) is 5.26 Å². The molecule has 0 bridgehead atoms. The topological polar surface area (TPSA) is 64.3 Å². The number of amides is 1. The van der Waals surface area contributed by atoms with Crippen molar-refractivity contribution in [2.75, 3.05) is 13.1 Å². The molecule has 0 aliphatic carbocycles. The van der Waals surface area contributed by atoms with Gasteiger partial charge in [0.05, 0.1) is 21.5 Å². The van der Waals surface area contributed by atoms with Crippen LogP contribution in [0.15, 0.2) is 18.2 Å². The van der Waals surface area contributed by atoms with Crippen LogP contribution in [0.25, 0.3) is 0 Å². The number of nitrogens with zero attached hydrogens (tertiary/aromatic N) is 2. The predicted octanol–water partition coefficient (Wildman–Crippen LogP) is 3.53. The zero-order valence-corrected chi connectivity index (χ0v) is 11.6. The van der Waals surface area contributed by atoms with Gasteiger partial charge in [-0.3, -0.25) is 0 Å². The standard InChI is InChI=1S/C13H12Cl2N2O2/c14-10-3-1-2-9(11(10)15)13(8-16)4-6-17(7-5-13)12(18)19/h1-3H,4-7H2,(H,18,19). The van der Waals surface area contributed by atoms with Gasteiger partial charge in [0.1, 0.15) is 0 Å². The SMILES string of the molecule is N#CC1(c2cccc(Cl)c2Cl)CCN(C(=O)O)CC1. The molecule has 2 rings (SSSR count). The van der Waals surface area contributed by atoms with Gasteiger partial charge < -0.3 is 10.0 Å². The molecule has 100 valence electrons. The van der Waals surface area contributed by atoms with Crippen LogP contribution in [0, 0.1) is 11.3 Å². The van der Waals surface area contributed by atoms with E-state index in [2.05, 4.69) is 6.07 Å². The van der Waals surface area contributed by atoms with Crippen LogP contribution in [0.2, 0.25) is 10.0 Å². The minimum atomic E-state index is -0.955. The van der Waals surface area contributed by atoms with Gasteiger partial charge in [0, 0.05) is 13.1 Å². The highest BCUT2D eigenvalue weighted by Crippen LogP contribution is 2.41. The molecular formula is C13H12Cl2N2O2. The molecule has 1 amide bonds. The average Bonchev–Trinajstić information content (AvgIpc) is 2.42. The predicted molar refractivity (Wildman–Crippen MR) is 72.6 cm³/mol. The summed E-state index contributed by atoms with van der Waals surface area (Å²) < 4.78 is 0. The molecule has 0 atom stereocenters. The Morgan fingerprint density at radius 1 is 1.37 bits per heavy atom. The van der Waals surface area contributed by atoms with Crippen molar-refractivity contribution in [3.05, 3.63) is 33.8 Å². The maximum Gasteiger partial charge on any atom is 0.407 e. The van der Waals surface area contributed by atoms with Crippen molar-refractivity contribution < 1.29 is 9.90 Å². The van der Waals surface area contributed by atoms with Gasteiger partial charge in [-0.2, -0.15) is 5.26 Å². The quantitative estimate of drug-likeness (QED) is 0.862. The second-order valence-corrected chi connectivity index (χ2v) is 5.35. The summed E-state index contributed by atoms with van der Waals surface area (Å²) in [6.45, 7) is 0.650. The van der Waals surface area contributed by atoms with Gasteiger partial charge in [0.15, 0.2) is 0 Å². The van der Waals surface area contributed by atoms with E-state index < -0.39 is 11.5 Å². The Bertz CT molecular complexity index is 546. The van der Waals surface area contributed by atoms with Crippen molar-refractivity contribution in [2.45, 2.75) is 18.3 Å². The van der Waals surface area contributed by atoms with Gasteiger partial charge in [-0.15, -0.1) is 0 Å². The highest BCUT2D eigenvalue weighted by Gasteiger charge is 2.39. The van der Waals surface area contributed by atoms with E-state index in [-0.39, 0.29) is 0 Å². The Kier molecular flexibility index (Phi) is 3.88. The summed E-state index contributed by atoms with van der Waals surface area (Å²) in [6.07, 6.45) is -0.102. The van der Waals surface area contributed by atoms with Crippen LogP contribution in [0.1, 0.15) is 18.4 Å². The summed E-state index contributed by atoms with van der Waals surface area (Å²) in [6, 6.07) is 7.51. The lowest BCUT2D eigenvalue weighted by atomic mass is 9.74. The number of rotatable bonds is 1. The lowest BCUT2D eigenvalue weighted by molar-refractivity contribution is 0.125. The molecule has 1 heterocycles. The summed E-state index contributed by atoms with van der Waals surface area (Å²) in [5.74, 6) is 0. The van der Waals surface area contributed by atoms with E-state index in [0.29, 0.717) is 41.5 Å². The second-order valence-electron chi connectivity index (χ2n) is 4.56. The van der Waals surface area contributed by atoms with Crippen LogP contribution in [0.4, 0.5) is 4.79 Å². The monoisotopic (exact) mass is 298 g/mol. The second kappa shape index (κ2) is 5.28. The van der Waals surface area contributed by atoms with Gasteiger partial charge in [0.2, 0.25) is 0 Å². The number of nitriles is 1. The minimum absolute atomic E-state index is 0.325. The van der Waals surface area contributed by atoms with E-state index >= 15 is 0 Å². The molecule has 1 aliphatic heterocycles. The Labute approximate surface area is 121 Å². The molecular weight excluding hydrogens is 287 g/mol. The van der Waals surface area contributed by atoms with Gasteiger partial charge in [-0.1, -0.05) is 35.3 Å². The normalized spacial score (nSPS) is 17.8. The molecule has 0 aromatic heterocycles. The average molecular weight is 299 g/mol. The molecule has 0 radical (unpaired) electrons. The number of likely N-dealkylation sites (tertiary alicyclic amines) is 1. The molecule has 1 N–H and O–H groups in total. The smallest absolute Gasteiger partial charge is 0.407 e. The molecule has 0 saturated carbocycles. The number of hydrogen-bond acceptors (Lipinski definition) is 2. The van der Waals surface area contributed by atoms with Crippen LogP contribution in [0.5, 0.6) is 0 Å². The van der Waals surface area contributed by atoms with E-state index in [1.165, 1.54) is 4.90 Å². The Morgan fingerprint density at radius 2 is 2.00 bits per heavy atom. The van der Waals surface area contributed by atoms with Gasteiger partial charge >= 0.3 is 6.09 Å². The molecule has 1 aromatic carbocycles. The summed E-state index contributed by atoms with van der Waals surface area (Å²) >= 11 is 12.2. The fourth-order valence-electron chi connectivity index (χ4n) is 2.39. The Balaban J connectivity index is 2.34. The zero-order valence-electron chi connectivity index (χ0n) is 10.1. The van der Waals surface area contributed by atoms with Crippen molar-refractivity contribution in [3.63, 3.8) is 0 Å². The highest BCUT2D eigenvalue weighted by atomic mass is 35.5. The summed E-state index contributed by atoms with van der Waals surface area (Å²) in [5, 5.41) is 19.3. The van der Waals surface area contributed by atoms with Crippen molar-refractivity contribution >= 4 is 29.3 Å². The molecule has 0 unspecified atom stereocenters. The van der Waals surface area contributed by atoms with E-state index in [1.54, 1.807) is 18.2 Å². The molecule has 6 heteroatoms. The van der Waals surface area contributed by atoms with E-state index in [4.69, 9.17) is 28.3 Å². The van der Waals surface area contributed by atoms with Crippen LogP contribution in [-0.4, -0.2) is 29.2 Å². The molecule has 1 aliphatic rings. The van der Waals surface area contributed by atoms with E-state index in [9.17, 15) is 10.1 Å². The first-order valence-corrected chi connectivity index (χ1v) is 6.59. The summed E-state index contributed by atoms with van der Waals surface area (Å²) in [7, 11) is 0. The number of halogens is 2. The minimum Gasteiger partial charge on any atom is -0.465 e. The fraction of sp³-hybridized carbons (Fsp3) is 0.385. The van der Waals surface area contributed by atoms with Gasteiger partial charge in [-0.25, -0.2) is 4.79 Å². The van der Waals surface area contributed by atoms with Gasteiger partial charge in [0.25, 0.3) is 0 Å². The largest absolute Gasteiger partial charge is 0.465 e. The Hall–Kier alpha value is -1.44. The number of benzene rings is 1. The van der Waals surface area contributed by atoms with Crippen LogP contribution in [-0.2, 0) is 5.41 Å². The van der Waals surface area contributed by atoms with Crippen LogP contribution >= 0.6 is 23.2 Å². The first-order valence-electron chi connectivity index (χ1n) is 5.84. The number of carboxylic acid groups (broad SMARTS) is 1. The van der Waals surface area contributed by atoms with Crippen LogP contribution in [0.3, 0.4) is 0 Å². The maximum atomic E-state index is 10.9. The molecule has 0 spiro atoms. The third-order valence-electron chi connectivity index (χ3n) is 3.57. The molecule has 4 nitrogen and oxygen atoms in total. The molecule has 1 saturated heterocycles. The summed E-state index contributed by atoms with van der Waals surface area (Å²) in [5.41, 5.74) is -0.0669. The van der Waals surface area contributed by atoms with Crippen molar-refractivity contribution in [3.8, 4) is 6.07 Å². The maximum absolute atomic E-state index is 10.9. The molecule has 1 aromatic rings. The lowest BCUT2D eigenvalue weighted by Crippen LogP contribution is -2.44. The fourth-order valence-corrected chi connectivity index (χ4v) is 2.88. The van der Waals surface area contributed by atoms with E-state index in [1.807, 2.05) is 0 Å². The first-order chi connectivity index (χ1) is 9.00. The van der Waals surface area contributed by atoms with E-state index in [0.717, 1.165) is 0 Å². The highest BCUT2D eigenvalue weighted by molar-refractivity contribution is 6.42. The lowest BCUT2D eigenvalue weighted by Gasteiger charge is -2.36. The van der Waals surface area contributed by atoms with Gasteiger partial charge in [-0.05, 0) is 24.5 Å². The molecule has 1 fully saturated rings. The number of carbonyl (C=O) groups is 1. The first kappa shape index (κ1) is 14.0. The van der Waals surface area contributed by atoms with Crippen molar-refractivity contribution in [2.24, 2.45) is 0 Å². The number of piperidine rings is 1. The van der Waals surface area contributed by atoms with Crippen LogP contribution < -0.4 is 0 Å². The number of hydrogen-bond donors (Lipinski definition) is 1. The molecule has 19 heavy (non-hydrogen) atoms. The van der Waals surface area contributed by atoms with Crippen molar-refractivity contribution in [1.82, 2.24) is 4.90 Å². The Morgan fingerprint density at radius 3 is 2.53 bits per heavy atom. The zero-order chi connectivity index (χ0) is 14.0. The third-order valence-corrected chi connectivity index (χ3v) is 4.39. The third kappa shape index (κ3) is 2.49. The summed E-state index contributed by atoms with van der Waals surface area (Å²) in [4.78, 5) is 12.2.